The fourth-order valence-electron chi connectivity index (χ4n) is 0.494. The number of carbonyl (C=O) groups excluding carboxylic acids is 1. The van der Waals surface area contributed by atoms with E-state index in [0.29, 0.717) is 0 Å². The van der Waals surface area contributed by atoms with Crippen molar-refractivity contribution in [1.29, 1.82) is 0 Å². The molecule has 3 heteroatoms. The van der Waals surface area contributed by atoms with Crippen LogP contribution in [0.5, 0.6) is 0 Å². The van der Waals surface area contributed by atoms with Gasteiger partial charge < -0.3 is 11.1 Å². The predicted octanol–water partition coefficient (Wildman–Crippen LogP) is 3.79. The normalized spacial score (nSPS) is 8.12. The van der Waals surface area contributed by atoms with Crippen LogP contribution in [0.15, 0.2) is 36.0 Å². The molecule has 0 fully saturated rings. The molecule has 0 saturated heterocycles. The Morgan fingerprint density at radius 2 is 1.76 bits per heavy atom. The van der Waals surface area contributed by atoms with E-state index in [4.69, 9.17) is 0 Å². The highest BCUT2D eigenvalue weighted by atomic mass is 16.2. The zero-order valence-electron chi connectivity index (χ0n) is 12.1. The number of primary amides is 1. The summed E-state index contributed by atoms with van der Waals surface area (Å²) in [5.41, 5.74) is 7.04. The van der Waals surface area contributed by atoms with E-state index in [9.17, 15) is 4.79 Å². The summed E-state index contributed by atoms with van der Waals surface area (Å²) in [4.78, 5) is 9.48. The summed E-state index contributed by atoms with van der Waals surface area (Å²) in [5, 5.41) is 2.17. The molecule has 3 nitrogen and oxygen atoms in total. The highest BCUT2D eigenvalue weighted by Crippen LogP contribution is 1.98. The molecule has 0 aliphatic carbocycles. The number of rotatable bonds is 3. The smallest absolute Gasteiger partial charge is 0.311 e. The molecule has 0 rings (SSSR count). The molecule has 3 N–H and O–H groups in total. The predicted molar refractivity (Wildman–Crippen MR) is 78.0 cm³/mol. The van der Waals surface area contributed by atoms with E-state index >= 15 is 0 Å². The maximum absolute atomic E-state index is 9.48. The van der Waals surface area contributed by atoms with E-state index in [1.165, 1.54) is 18.2 Å². The quantitative estimate of drug-likeness (QED) is 0.725. The van der Waals surface area contributed by atoms with Crippen LogP contribution < -0.4 is 11.1 Å². The van der Waals surface area contributed by atoms with E-state index in [1.807, 2.05) is 26.0 Å². The van der Waals surface area contributed by atoms with Crippen LogP contribution in [-0.2, 0) is 0 Å². The summed E-state index contributed by atoms with van der Waals surface area (Å²) in [7, 11) is 1.47. The summed E-state index contributed by atoms with van der Waals surface area (Å²) in [6.45, 7) is 14.1. The number of allylic oxidation sites excluding steroid dienone is 5. The standard InChI is InChI=1S/C10H16.C2H6N2O.C2H6/c1-5-10(4)8-6-7-9(2)3;1-4-2(3)5;1-2/h6-8H,4-5H2,1-3H3;1H3,(H3,3,4,5);1-2H3/b8-6-;;. The molecule has 0 unspecified atom stereocenters. The maximum atomic E-state index is 9.48. The average molecular weight is 240 g/mol. The first-order chi connectivity index (χ1) is 7.93. The van der Waals surface area contributed by atoms with E-state index < -0.39 is 6.03 Å². The third-order valence-electron chi connectivity index (χ3n) is 1.46. The van der Waals surface area contributed by atoms with Gasteiger partial charge in [0.1, 0.15) is 0 Å². The van der Waals surface area contributed by atoms with Crippen LogP contribution in [-0.4, -0.2) is 13.1 Å². The Labute approximate surface area is 106 Å². The highest BCUT2D eigenvalue weighted by molar-refractivity contribution is 5.71. The Kier molecular flexibility index (Phi) is 20.7. The Balaban J connectivity index is -0.000000236. The van der Waals surface area contributed by atoms with Gasteiger partial charge in [0.2, 0.25) is 0 Å². The van der Waals surface area contributed by atoms with Crippen molar-refractivity contribution in [2.45, 2.75) is 41.0 Å². The topological polar surface area (TPSA) is 55.1 Å². The van der Waals surface area contributed by atoms with Gasteiger partial charge in [0.05, 0.1) is 0 Å². The lowest BCUT2D eigenvalue weighted by atomic mass is 10.2. The zero-order chi connectivity index (χ0) is 14.3. The first-order valence-electron chi connectivity index (χ1n) is 5.90. The van der Waals surface area contributed by atoms with Crippen LogP contribution in [0, 0.1) is 0 Å². The molecule has 0 saturated carbocycles. The van der Waals surface area contributed by atoms with E-state index in [1.54, 1.807) is 0 Å². The van der Waals surface area contributed by atoms with Crippen molar-refractivity contribution in [3.8, 4) is 0 Å². The SMILES string of the molecule is C=C(/C=C\C=C(C)C)CC.CC.CNC(N)=O. The molecule has 0 heterocycles. The van der Waals surface area contributed by atoms with Crippen molar-refractivity contribution in [2.24, 2.45) is 5.73 Å². The van der Waals surface area contributed by atoms with E-state index in [0.717, 1.165) is 6.42 Å². The van der Waals surface area contributed by atoms with Crippen LogP contribution in [0.25, 0.3) is 0 Å². The number of hydrogen-bond donors (Lipinski definition) is 2. The summed E-state index contributed by atoms with van der Waals surface area (Å²) in [6.07, 6.45) is 7.21. The molecule has 0 radical (unpaired) electrons. The molecular weight excluding hydrogens is 212 g/mol. The van der Waals surface area contributed by atoms with Gasteiger partial charge in [0.25, 0.3) is 0 Å². The van der Waals surface area contributed by atoms with Gasteiger partial charge in [-0.05, 0) is 20.3 Å². The minimum Gasteiger partial charge on any atom is -0.352 e. The van der Waals surface area contributed by atoms with Gasteiger partial charge in [-0.2, -0.15) is 0 Å². The van der Waals surface area contributed by atoms with Gasteiger partial charge in [-0.3, -0.25) is 0 Å². The third-order valence-corrected chi connectivity index (χ3v) is 1.46. The summed E-state index contributed by atoms with van der Waals surface area (Å²) in [6, 6.07) is -0.495. The minimum atomic E-state index is -0.495. The zero-order valence-corrected chi connectivity index (χ0v) is 12.1. The van der Waals surface area contributed by atoms with Gasteiger partial charge in [0.15, 0.2) is 0 Å². The minimum absolute atomic E-state index is 0.495. The lowest BCUT2D eigenvalue weighted by molar-refractivity contribution is 0.251. The van der Waals surface area contributed by atoms with Crippen molar-refractivity contribution >= 4 is 6.03 Å². The Morgan fingerprint density at radius 3 is 2.00 bits per heavy atom. The number of nitrogens with two attached hydrogens (primary N) is 1. The van der Waals surface area contributed by atoms with Crippen LogP contribution in [0.2, 0.25) is 0 Å². The number of nitrogens with one attached hydrogen (secondary N) is 1. The van der Waals surface area contributed by atoms with Crippen LogP contribution >= 0.6 is 0 Å². The molecule has 0 aromatic carbocycles. The first-order valence-corrected chi connectivity index (χ1v) is 5.90. The molecular formula is C14H28N2O. The molecule has 0 aromatic rings. The Bertz CT molecular complexity index is 249. The monoisotopic (exact) mass is 240 g/mol. The summed E-state index contributed by atoms with van der Waals surface area (Å²) >= 11 is 0. The molecule has 0 bridgehead atoms. The second kappa shape index (κ2) is 16.9. The highest BCUT2D eigenvalue weighted by Gasteiger charge is 1.78. The van der Waals surface area contributed by atoms with Gasteiger partial charge in [-0.15, -0.1) is 0 Å². The van der Waals surface area contributed by atoms with Crippen molar-refractivity contribution in [2.75, 3.05) is 7.05 Å². The fraction of sp³-hybridized carbons (Fsp3) is 0.500. The van der Waals surface area contributed by atoms with Crippen LogP contribution in [0.4, 0.5) is 4.79 Å². The maximum Gasteiger partial charge on any atom is 0.311 e. The van der Waals surface area contributed by atoms with Gasteiger partial charge in [-0.1, -0.05) is 56.7 Å². The van der Waals surface area contributed by atoms with E-state index in [2.05, 4.69) is 44.5 Å². The second-order valence-electron chi connectivity index (χ2n) is 3.23. The van der Waals surface area contributed by atoms with Gasteiger partial charge >= 0.3 is 6.03 Å². The lowest BCUT2D eigenvalue weighted by Gasteiger charge is -1.88. The number of hydrogen-bond acceptors (Lipinski definition) is 1. The van der Waals surface area contributed by atoms with Gasteiger partial charge in [0, 0.05) is 7.05 Å². The van der Waals surface area contributed by atoms with Crippen molar-refractivity contribution in [3.05, 3.63) is 36.0 Å². The molecule has 0 atom stereocenters. The summed E-state index contributed by atoms with van der Waals surface area (Å²) < 4.78 is 0. The molecule has 0 aromatic heterocycles. The molecule has 100 valence electrons. The average Bonchev–Trinajstić information content (AvgIpc) is 2.31. The Hall–Kier alpha value is -1.51. The Morgan fingerprint density at radius 1 is 1.35 bits per heavy atom. The number of urea groups is 1. The molecule has 2 amide bonds. The van der Waals surface area contributed by atoms with Crippen molar-refractivity contribution in [3.63, 3.8) is 0 Å². The largest absolute Gasteiger partial charge is 0.352 e. The first kappa shape index (κ1) is 20.8. The number of amides is 2. The van der Waals surface area contributed by atoms with Crippen molar-refractivity contribution < 1.29 is 4.79 Å². The van der Waals surface area contributed by atoms with Crippen LogP contribution in [0.3, 0.4) is 0 Å². The fourth-order valence-corrected chi connectivity index (χ4v) is 0.494. The lowest BCUT2D eigenvalue weighted by Crippen LogP contribution is -2.24. The second-order valence-corrected chi connectivity index (χ2v) is 3.23. The summed E-state index contributed by atoms with van der Waals surface area (Å²) in [5.74, 6) is 0. The van der Waals surface area contributed by atoms with E-state index in [-0.39, 0.29) is 0 Å². The molecule has 0 aliphatic rings. The molecule has 0 aliphatic heterocycles. The third kappa shape index (κ3) is 31.4. The van der Waals surface area contributed by atoms with Gasteiger partial charge in [-0.25, -0.2) is 4.79 Å². The molecule has 0 spiro atoms. The number of carbonyl (C=O) groups is 1. The van der Waals surface area contributed by atoms with Crippen molar-refractivity contribution in [1.82, 2.24) is 5.32 Å². The van der Waals surface area contributed by atoms with Crippen LogP contribution in [0.1, 0.15) is 41.0 Å². The molecule has 17 heavy (non-hydrogen) atoms.